The van der Waals surface area contributed by atoms with E-state index in [0.717, 1.165) is 44.9 Å². The van der Waals surface area contributed by atoms with E-state index in [4.69, 9.17) is 0 Å². The van der Waals surface area contributed by atoms with Crippen LogP contribution < -0.4 is 0 Å². The molecule has 4 saturated carbocycles. The van der Waals surface area contributed by atoms with E-state index in [1.54, 1.807) is 0 Å². The first-order valence-electron chi connectivity index (χ1n) is 13.4. The second-order valence-electron chi connectivity index (χ2n) is 12.7. The summed E-state index contributed by atoms with van der Waals surface area (Å²) in [6.07, 6.45) is 13.5. The number of nitroso groups, excluding NO2 is 1. The lowest BCUT2D eigenvalue weighted by atomic mass is 9.43. The molecule has 0 heterocycles. The molecule has 4 nitrogen and oxygen atoms in total. The van der Waals surface area contributed by atoms with E-state index >= 15 is 0 Å². The molecule has 31 heavy (non-hydrogen) atoms. The normalized spacial score (nSPS) is 48.9. The molecule has 0 aromatic rings. The second-order valence-corrected chi connectivity index (χ2v) is 12.7. The molecule has 0 aromatic carbocycles. The molecule has 4 fully saturated rings. The van der Waals surface area contributed by atoms with Gasteiger partial charge in [-0.2, -0.15) is 4.91 Å². The smallest absolute Gasteiger partial charge is 0.103 e. The lowest BCUT2D eigenvalue weighted by Crippen LogP contribution is -2.59. The van der Waals surface area contributed by atoms with Crippen molar-refractivity contribution in [3.63, 3.8) is 0 Å². The average Bonchev–Trinajstić information content (AvgIpc) is 3.10. The van der Waals surface area contributed by atoms with Gasteiger partial charge in [0.05, 0.1) is 12.2 Å². The summed E-state index contributed by atoms with van der Waals surface area (Å²) >= 11 is 0. The number of rotatable bonds is 7. The van der Waals surface area contributed by atoms with Crippen LogP contribution in [0, 0.1) is 45.3 Å². The fourth-order valence-corrected chi connectivity index (χ4v) is 9.49. The van der Waals surface area contributed by atoms with Crippen LogP contribution in [0.1, 0.15) is 111 Å². The minimum atomic E-state index is -0.446. The predicted molar refractivity (Wildman–Crippen MR) is 126 cm³/mol. The molecule has 0 saturated heterocycles. The van der Waals surface area contributed by atoms with E-state index in [-0.39, 0.29) is 29.0 Å². The van der Waals surface area contributed by atoms with Crippen molar-refractivity contribution in [2.75, 3.05) is 0 Å². The van der Waals surface area contributed by atoms with Crippen molar-refractivity contribution < 1.29 is 10.2 Å². The average molecular weight is 434 g/mol. The van der Waals surface area contributed by atoms with Crippen LogP contribution in [0.2, 0.25) is 0 Å². The maximum absolute atomic E-state index is 12.2. The molecule has 0 amide bonds. The van der Waals surface area contributed by atoms with E-state index in [0.29, 0.717) is 23.7 Å². The van der Waals surface area contributed by atoms with Crippen LogP contribution >= 0.6 is 0 Å². The van der Waals surface area contributed by atoms with Gasteiger partial charge >= 0.3 is 0 Å². The first kappa shape index (κ1) is 23.7. The van der Waals surface area contributed by atoms with Crippen molar-refractivity contribution in [3.8, 4) is 0 Å². The molecule has 0 spiro atoms. The van der Waals surface area contributed by atoms with Crippen molar-refractivity contribution >= 4 is 0 Å². The zero-order valence-electron chi connectivity index (χ0n) is 20.5. The fraction of sp³-hybridized carbons (Fsp3) is 1.00. The molecule has 4 unspecified atom stereocenters. The van der Waals surface area contributed by atoms with Gasteiger partial charge in [-0.25, -0.2) is 0 Å². The highest BCUT2D eigenvalue weighted by atomic mass is 16.3. The Morgan fingerprint density at radius 3 is 2.32 bits per heavy atom. The summed E-state index contributed by atoms with van der Waals surface area (Å²) in [6, 6.07) is 0. The van der Waals surface area contributed by atoms with E-state index in [9.17, 15) is 15.1 Å². The van der Waals surface area contributed by atoms with Gasteiger partial charge in [0.1, 0.15) is 5.54 Å². The summed E-state index contributed by atoms with van der Waals surface area (Å²) in [5.41, 5.74) is -0.113. The number of hydrogen-bond acceptors (Lipinski definition) is 4. The summed E-state index contributed by atoms with van der Waals surface area (Å²) in [4.78, 5) is 12.2. The monoisotopic (exact) mass is 433 g/mol. The SMILES string of the molecule is CCCCCC[C@](C)(N=O)[C@H]1CCC2C3C[C@H](O)C4C[C@@H](O)CC[C@]4(C)C3CC[C@@]21C. The maximum Gasteiger partial charge on any atom is 0.103 e. The summed E-state index contributed by atoms with van der Waals surface area (Å²) in [5.74, 6) is 2.45. The predicted octanol–water partition coefficient (Wildman–Crippen LogP) is 6.47. The van der Waals surface area contributed by atoms with Crippen LogP contribution in [0.3, 0.4) is 0 Å². The van der Waals surface area contributed by atoms with Crippen LogP contribution in [0.5, 0.6) is 0 Å². The Kier molecular flexibility index (Phi) is 6.65. The fourth-order valence-electron chi connectivity index (χ4n) is 9.49. The van der Waals surface area contributed by atoms with Gasteiger partial charge < -0.3 is 10.2 Å². The van der Waals surface area contributed by atoms with Crippen molar-refractivity contribution in [2.45, 2.75) is 129 Å². The minimum Gasteiger partial charge on any atom is -0.393 e. The van der Waals surface area contributed by atoms with Gasteiger partial charge in [-0.05, 0) is 105 Å². The van der Waals surface area contributed by atoms with Gasteiger partial charge in [-0.3, -0.25) is 0 Å². The Labute approximate surface area is 189 Å². The third-order valence-electron chi connectivity index (χ3n) is 11.1. The number of hydrogen-bond donors (Lipinski definition) is 2. The van der Waals surface area contributed by atoms with E-state index in [1.807, 2.05) is 0 Å². The Balaban J connectivity index is 1.55. The summed E-state index contributed by atoms with van der Waals surface area (Å²) in [7, 11) is 0. The molecule has 0 radical (unpaired) electrons. The van der Waals surface area contributed by atoms with Crippen LogP contribution in [0.15, 0.2) is 5.18 Å². The first-order chi connectivity index (χ1) is 14.7. The number of fused-ring (bicyclic) bond motifs is 5. The van der Waals surface area contributed by atoms with Gasteiger partial charge in [0.25, 0.3) is 0 Å². The highest BCUT2D eigenvalue weighted by molar-refractivity contribution is 5.14. The van der Waals surface area contributed by atoms with Gasteiger partial charge in [0.2, 0.25) is 0 Å². The molecule has 0 bridgehead atoms. The lowest BCUT2D eigenvalue weighted by Gasteiger charge is -2.62. The highest BCUT2D eigenvalue weighted by Crippen LogP contribution is 2.69. The van der Waals surface area contributed by atoms with Crippen LogP contribution in [-0.2, 0) is 0 Å². The molecule has 178 valence electrons. The Morgan fingerprint density at radius 1 is 0.903 bits per heavy atom. The van der Waals surface area contributed by atoms with Crippen LogP contribution in [-0.4, -0.2) is 28.0 Å². The number of unbranched alkanes of at least 4 members (excludes halogenated alkanes) is 3. The van der Waals surface area contributed by atoms with Gasteiger partial charge in [-0.15, -0.1) is 0 Å². The Bertz CT molecular complexity index is 654. The quantitative estimate of drug-likeness (QED) is 0.357. The number of aliphatic hydroxyl groups is 2. The molecular weight excluding hydrogens is 386 g/mol. The van der Waals surface area contributed by atoms with Gasteiger partial charge in [0, 0.05) is 0 Å². The second kappa shape index (κ2) is 8.70. The zero-order valence-corrected chi connectivity index (χ0v) is 20.5. The molecule has 2 N–H and O–H groups in total. The van der Waals surface area contributed by atoms with Crippen LogP contribution in [0.4, 0.5) is 0 Å². The topological polar surface area (TPSA) is 69.9 Å². The number of nitrogens with zero attached hydrogens (tertiary/aromatic N) is 1. The van der Waals surface area contributed by atoms with Crippen LogP contribution in [0.25, 0.3) is 0 Å². The summed E-state index contributed by atoms with van der Waals surface area (Å²) in [5, 5.41) is 25.3. The van der Waals surface area contributed by atoms with Crippen molar-refractivity contribution in [1.29, 1.82) is 0 Å². The molecule has 4 aliphatic carbocycles. The first-order valence-corrected chi connectivity index (χ1v) is 13.4. The summed E-state index contributed by atoms with van der Waals surface area (Å²) in [6.45, 7) is 9.26. The van der Waals surface area contributed by atoms with Gasteiger partial charge in [-0.1, -0.05) is 51.6 Å². The van der Waals surface area contributed by atoms with E-state index in [2.05, 4.69) is 32.9 Å². The lowest BCUT2D eigenvalue weighted by molar-refractivity contribution is -0.172. The van der Waals surface area contributed by atoms with Crippen molar-refractivity contribution in [1.82, 2.24) is 0 Å². The van der Waals surface area contributed by atoms with E-state index < -0.39 is 5.54 Å². The maximum atomic E-state index is 12.2. The molecule has 0 aliphatic heterocycles. The Morgan fingerprint density at radius 2 is 1.61 bits per heavy atom. The molecule has 4 rings (SSSR count). The number of aliphatic hydroxyl groups excluding tert-OH is 2. The standard InChI is InChI=1S/C27H47NO3/c1-5-6-7-8-13-27(4,28-31)24-10-9-20-19-17-23(30)22-16-18(29)11-14-25(22,2)21(19)12-15-26(20,24)3/h18-24,29-30H,5-17H2,1-4H3/t18-,19?,20?,21?,22?,23-,24-,25+,26-,27-/m0/s1. The third-order valence-corrected chi connectivity index (χ3v) is 11.1. The molecule has 4 heteroatoms. The highest BCUT2D eigenvalue weighted by Gasteiger charge is 2.64. The third kappa shape index (κ3) is 3.82. The van der Waals surface area contributed by atoms with Crippen molar-refractivity contribution in [2.24, 2.45) is 45.6 Å². The molecule has 10 atom stereocenters. The zero-order chi connectivity index (χ0) is 22.4. The summed E-state index contributed by atoms with van der Waals surface area (Å²) < 4.78 is 0. The van der Waals surface area contributed by atoms with Crippen molar-refractivity contribution in [3.05, 3.63) is 4.91 Å². The molecule has 0 aromatic heterocycles. The largest absolute Gasteiger partial charge is 0.393 e. The molecular formula is C27H47NO3. The Hall–Kier alpha value is -0.480. The van der Waals surface area contributed by atoms with E-state index in [1.165, 1.54) is 38.5 Å². The minimum absolute atomic E-state index is 0.160. The van der Waals surface area contributed by atoms with Gasteiger partial charge in [0.15, 0.2) is 0 Å². The molecule has 4 aliphatic rings.